The molecule has 1 aromatic heterocycles. The Kier molecular flexibility index (Phi) is 11.4. The van der Waals surface area contributed by atoms with E-state index in [4.69, 9.17) is 0 Å². The summed E-state index contributed by atoms with van der Waals surface area (Å²) in [5, 5.41) is 7.52. The van der Waals surface area contributed by atoms with Crippen LogP contribution >= 0.6 is 0 Å². The molecule has 0 fully saturated rings. The normalized spacial score (nSPS) is 13.3. The summed E-state index contributed by atoms with van der Waals surface area (Å²) in [4.78, 5) is 0. The van der Waals surface area contributed by atoms with Gasteiger partial charge in [-0.05, 0) is 184 Å². The molecule has 14 rings (SSSR count). The molecule has 0 bridgehead atoms. The molecule has 362 valence electrons. The van der Waals surface area contributed by atoms with Crippen LogP contribution in [0.1, 0.15) is 65.5 Å². The minimum absolute atomic E-state index is 0.302. The van der Waals surface area contributed by atoms with Crippen LogP contribution in [-0.2, 0) is 12.8 Å². The van der Waals surface area contributed by atoms with Crippen molar-refractivity contribution in [3.05, 3.63) is 294 Å². The second-order valence-corrected chi connectivity index (χ2v) is 21.3. The lowest BCUT2D eigenvalue weighted by molar-refractivity contribution is 0.725. The zero-order valence-corrected chi connectivity index (χ0v) is 43.0. The summed E-state index contributed by atoms with van der Waals surface area (Å²) < 4.78 is 2.43. The molecule has 0 N–H and O–H groups in total. The average Bonchev–Trinajstić information content (AvgIpc) is 3.79. The summed E-state index contributed by atoms with van der Waals surface area (Å²) in [5.41, 5.74) is 24.5. The number of aromatic nitrogens is 1. The monoisotopic (exact) mass is 971 g/mol. The fourth-order valence-corrected chi connectivity index (χ4v) is 12.8. The fraction of sp³-hybridized carbons (Fsp3) is 0.0933. The van der Waals surface area contributed by atoms with E-state index in [0.29, 0.717) is 11.8 Å². The van der Waals surface area contributed by atoms with E-state index < -0.39 is 0 Å². The van der Waals surface area contributed by atoms with Gasteiger partial charge in [0.1, 0.15) is 0 Å². The molecular weight excluding hydrogens is 915 g/mol. The van der Waals surface area contributed by atoms with Crippen molar-refractivity contribution < 1.29 is 0 Å². The number of benzene rings is 12. The Bertz CT molecular complexity index is 4330. The molecule has 76 heavy (non-hydrogen) atoms. The molecule has 1 unspecified atom stereocenters. The lowest BCUT2D eigenvalue weighted by Gasteiger charge is -2.21. The van der Waals surface area contributed by atoms with Crippen molar-refractivity contribution in [2.24, 2.45) is 0 Å². The maximum Gasteiger partial charge on any atom is 0.0541 e. The number of fused-ring (bicyclic) bond motifs is 8. The standard InChI is InChI=1S/C75H57N/c1-49(2)61-39-35-55(56-36-41-74-72(46-56)73-48-59(66-30-16-23-53-20-10-13-27-63(53)66)37-42-75(73)76(74)60-24-7-4-8-25-60)45-71(61)69-47-58(65-29-15-22-52-19-9-12-26-62(52)65)33-32-57(69)43-50-31-38-68-67(51-17-5-3-6-18-51)40-34-54-21-11-14-28-64(54)70(68)44-50/h3-33,35-39,41-42,44-49,67H,34,40,43H2,1-2H3. The Hall–Kier alpha value is -9.04. The number of rotatable bonds is 9. The van der Waals surface area contributed by atoms with Crippen molar-refractivity contribution in [2.75, 3.05) is 0 Å². The maximum atomic E-state index is 2.52. The third-order valence-corrected chi connectivity index (χ3v) is 16.5. The fourth-order valence-electron chi connectivity index (χ4n) is 12.8. The first-order chi connectivity index (χ1) is 37.5. The summed E-state index contributed by atoms with van der Waals surface area (Å²) in [6.45, 7) is 4.69. The minimum Gasteiger partial charge on any atom is -0.309 e. The first-order valence-electron chi connectivity index (χ1n) is 27.1. The van der Waals surface area contributed by atoms with Gasteiger partial charge in [-0.15, -0.1) is 0 Å². The van der Waals surface area contributed by atoms with E-state index in [1.165, 1.54) is 132 Å². The second-order valence-electron chi connectivity index (χ2n) is 21.3. The molecule has 0 saturated carbocycles. The van der Waals surface area contributed by atoms with E-state index >= 15 is 0 Å². The first kappa shape index (κ1) is 45.6. The molecule has 0 spiro atoms. The van der Waals surface area contributed by atoms with Crippen molar-refractivity contribution in [1.29, 1.82) is 0 Å². The summed E-state index contributed by atoms with van der Waals surface area (Å²) >= 11 is 0. The van der Waals surface area contributed by atoms with Crippen LogP contribution in [0.3, 0.4) is 0 Å². The number of hydrogen-bond acceptors (Lipinski definition) is 0. The van der Waals surface area contributed by atoms with Gasteiger partial charge in [0.2, 0.25) is 0 Å². The van der Waals surface area contributed by atoms with E-state index in [-0.39, 0.29) is 0 Å². The lowest BCUT2D eigenvalue weighted by Crippen LogP contribution is -2.03. The molecule has 0 saturated heterocycles. The number of hydrogen-bond donors (Lipinski definition) is 0. The van der Waals surface area contributed by atoms with Gasteiger partial charge in [0.25, 0.3) is 0 Å². The topological polar surface area (TPSA) is 4.93 Å². The van der Waals surface area contributed by atoms with E-state index in [1.807, 2.05) is 0 Å². The highest BCUT2D eigenvalue weighted by molar-refractivity contribution is 6.12. The van der Waals surface area contributed by atoms with Crippen LogP contribution in [0.2, 0.25) is 0 Å². The van der Waals surface area contributed by atoms with Crippen LogP contribution in [0, 0.1) is 0 Å². The van der Waals surface area contributed by atoms with Gasteiger partial charge in [-0.3, -0.25) is 0 Å². The summed E-state index contributed by atoms with van der Waals surface area (Å²) in [6.07, 6.45) is 2.96. The smallest absolute Gasteiger partial charge is 0.0541 e. The van der Waals surface area contributed by atoms with E-state index in [0.717, 1.165) is 24.9 Å². The Labute approximate surface area is 446 Å². The molecular formula is C75H57N. The highest BCUT2D eigenvalue weighted by Gasteiger charge is 2.25. The van der Waals surface area contributed by atoms with Crippen LogP contribution in [0.25, 0.3) is 105 Å². The zero-order chi connectivity index (χ0) is 50.7. The summed E-state index contributed by atoms with van der Waals surface area (Å²) in [5.74, 6) is 0.640. The molecule has 1 aliphatic rings. The van der Waals surface area contributed by atoms with Gasteiger partial charge in [0.15, 0.2) is 0 Å². The van der Waals surface area contributed by atoms with Gasteiger partial charge < -0.3 is 4.57 Å². The highest BCUT2D eigenvalue weighted by atomic mass is 15.0. The van der Waals surface area contributed by atoms with Gasteiger partial charge in [0, 0.05) is 22.4 Å². The van der Waals surface area contributed by atoms with E-state index in [2.05, 4.69) is 279 Å². The SMILES string of the molecule is CC(C)c1ccc(-c2ccc3c(c2)c2cc(-c4cccc5ccccc45)ccc2n3-c2ccccc2)cc1-c1cc(-c2cccc3ccccc23)ccc1Cc1ccc2c(c1)-c1ccccc1CCC2c1ccccc1. The van der Waals surface area contributed by atoms with Gasteiger partial charge in [-0.25, -0.2) is 0 Å². The van der Waals surface area contributed by atoms with Crippen molar-refractivity contribution in [3.8, 4) is 61.3 Å². The third-order valence-electron chi connectivity index (χ3n) is 16.5. The third kappa shape index (κ3) is 8.03. The molecule has 1 aliphatic carbocycles. The van der Waals surface area contributed by atoms with Crippen LogP contribution in [0.5, 0.6) is 0 Å². The molecule has 0 aliphatic heterocycles. The molecule has 1 heteroatoms. The quantitative estimate of drug-likeness (QED) is 0.136. The molecule has 0 amide bonds. The van der Waals surface area contributed by atoms with Gasteiger partial charge in [-0.1, -0.05) is 226 Å². The molecule has 1 heterocycles. The van der Waals surface area contributed by atoms with Gasteiger partial charge >= 0.3 is 0 Å². The first-order valence-corrected chi connectivity index (χ1v) is 27.1. The predicted molar refractivity (Wildman–Crippen MR) is 323 cm³/mol. The predicted octanol–water partition coefficient (Wildman–Crippen LogP) is 20.2. The van der Waals surface area contributed by atoms with E-state index in [1.54, 1.807) is 0 Å². The van der Waals surface area contributed by atoms with Crippen molar-refractivity contribution in [3.63, 3.8) is 0 Å². The van der Waals surface area contributed by atoms with Crippen LogP contribution in [0.15, 0.2) is 261 Å². The molecule has 12 aromatic carbocycles. The van der Waals surface area contributed by atoms with Crippen LogP contribution < -0.4 is 0 Å². The molecule has 1 atom stereocenters. The minimum atomic E-state index is 0.302. The Balaban J connectivity index is 0.944. The maximum absolute atomic E-state index is 2.52. The lowest BCUT2D eigenvalue weighted by atomic mass is 9.83. The zero-order valence-electron chi connectivity index (χ0n) is 43.0. The highest BCUT2D eigenvalue weighted by Crippen LogP contribution is 2.45. The number of nitrogens with zero attached hydrogens (tertiary/aromatic N) is 1. The average molecular weight is 972 g/mol. The Morgan fingerprint density at radius 1 is 0.395 bits per heavy atom. The Morgan fingerprint density at radius 2 is 0.947 bits per heavy atom. The Morgan fingerprint density at radius 3 is 1.67 bits per heavy atom. The summed E-state index contributed by atoms with van der Waals surface area (Å²) in [7, 11) is 0. The number of aryl methyl sites for hydroxylation is 1. The molecule has 13 aromatic rings. The molecule has 1 nitrogen and oxygen atoms in total. The van der Waals surface area contributed by atoms with Crippen LogP contribution in [-0.4, -0.2) is 4.57 Å². The van der Waals surface area contributed by atoms with Crippen molar-refractivity contribution in [1.82, 2.24) is 4.57 Å². The number of para-hydroxylation sites is 1. The summed E-state index contributed by atoms with van der Waals surface area (Å²) in [6, 6.07) is 98.1. The van der Waals surface area contributed by atoms with Gasteiger partial charge in [-0.2, -0.15) is 0 Å². The van der Waals surface area contributed by atoms with E-state index in [9.17, 15) is 0 Å². The van der Waals surface area contributed by atoms with Crippen molar-refractivity contribution >= 4 is 43.4 Å². The van der Waals surface area contributed by atoms with Crippen molar-refractivity contribution in [2.45, 2.75) is 44.9 Å². The second kappa shape index (κ2) is 19.0. The van der Waals surface area contributed by atoms with Gasteiger partial charge in [0.05, 0.1) is 11.0 Å². The largest absolute Gasteiger partial charge is 0.309 e. The molecule has 0 radical (unpaired) electrons. The van der Waals surface area contributed by atoms with Crippen LogP contribution in [0.4, 0.5) is 0 Å².